The highest BCUT2D eigenvalue weighted by Gasteiger charge is 2.22. The molecular formula is C11H12BrFN2O5. The van der Waals surface area contributed by atoms with Gasteiger partial charge in [0.1, 0.15) is 18.5 Å². The van der Waals surface area contributed by atoms with E-state index in [0.29, 0.717) is 0 Å². The van der Waals surface area contributed by atoms with Crippen LogP contribution in [0.25, 0.3) is 0 Å². The number of benzene rings is 1. The van der Waals surface area contributed by atoms with Gasteiger partial charge in [-0.3, -0.25) is 14.9 Å². The average molecular weight is 351 g/mol. The van der Waals surface area contributed by atoms with Crippen molar-refractivity contribution in [2.45, 2.75) is 13.0 Å². The predicted octanol–water partition coefficient (Wildman–Crippen LogP) is 1.77. The summed E-state index contributed by atoms with van der Waals surface area (Å²) in [5, 5.41) is 10.8. The van der Waals surface area contributed by atoms with Crippen LogP contribution in [0.15, 0.2) is 16.6 Å². The molecule has 1 aromatic carbocycles. The molecule has 2 N–H and O–H groups in total. The van der Waals surface area contributed by atoms with Crippen molar-refractivity contribution in [3.05, 3.63) is 32.5 Å². The minimum absolute atomic E-state index is 0.0637. The molecule has 0 aliphatic carbocycles. The molecule has 110 valence electrons. The van der Waals surface area contributed by atoms with Crippen molar-refractivity contribution in [2.24, 2.45) is 5.73 Å². The number of nitro groups is 1. The highest BCUT2D eigenvalue weighted by Crippen LogP contribution is 2.32. The van der Waals surface area contributed by atoms with Crippen LogP contribution >= 0.6 is 15.9 Å². The minimum Gasteiger partial charge on any atom is -0.484 e. The lowest BCUT2D eigenvalue weighted by Crippen LogP contribution is -2.37. The number of halogens is 2. The third-order valence-corrected chi connectivity index (χ3v) is 2.81. The van der Waals surface area contributed by atoms with Crippen LogP contribution in [0.2, 0.25) is 0 Å². The number of hydrogen-bond acceptors (Lipinski definition) is 6. The fourth-order valence-electron chi connectivity index (χ4n) is 1.27. The summed E-state index contributed by atoms with van der Waals surface area (Å²) in [6.07, 6.45) is 0. The Bertz CT molecular complexity index is 526. The maximum absolute atomic E-state index is 13.4. The second-order valence-electron chi connectivity index (χ2n) is 3.66. The van der Waals surface area contributed by atoms with Crippen molar-refractivity contribution in [1.82, 2.24) is 0 Å². The molecule has 0 heterocycles. The Morgan fingerprint density at radius 3 is 2.80 bits per heavy atom. The summed E-state index contributed by atoms with van der Waals surface area (Å²) in [4.78, 5) is 21.4. The molecule has 1 rings (SSSR count). The Kier molecular flexibility index (Phi) is 5.83. The van der Waals surface area contributed by atoms with Gasteiger partial charge in [0.2, 0.25) is 0 Å². The molecule has 1 unspecified atom stereocenters. The van der Waals surface area contributed by atoms with Crippen molar-refractivity contribution in [2.75, 3.05) is 13.2 Å². The molecule has 0 radical (unpaired) electrons. The zero-order chi connectivity index (χ0) is 15.3. The van der Waals surface area contributed by atoms with E-state index < -0.39 is 28.4 Å². The normalized spacial score (nSPS) is 11.8. The van der Waals surface area contributed by atoms with Gasteiger partial charge in [0.25, 0.3) is 0 Å². The average Bonchev–Trinajstić information content (AvgIpc) is 2.39. The van der Waals surface area contributed by atoms with Gasteiger partial charge in [0.05, 0.1) is 16.0 Å². The number of carbonyl (C=O) groups excluding carboxylic acids is 1. The van der Waals surface area contributed by atoms with Gasteiger partial charge in [-0.15, -0.1) is 0 Å². The quantitative estimate of drug-likeness (QED) is 0.476. The summed E-state index contributed by atoms with van der Waals surface area (Å²) < 4.78 is 23.0. The van der Waals surface area contributed by atoms with E-state index in [1.165, 1.54) is 0 Å². The van der Waals surface area contributed by atoms with E-state index in [4.69, 9.17) is 10.5 Å². The van der Waals surface area contributed by atoms with Gasteiger partial charge in [-0.2, -0.15) is 0 Å². The van der Waals surface area contributed by atoms with E-state index in [0.717, 1.165) is 12.1 Å². The Morgan fingerprint density at radius 1 is 1.60 bits per heavy atom. The maximum Gasteiger partial charge on any atom is 0.326 e. The molecular weight excluding hydrogens is 339 g/mol. The number of hydrogen-bond donors (Lipinski definition) is 1. The Labute approximate surface area is 122 Å². The van der Waals surface area contributed by atoms with Gasteiger partial charge >= 0.3 is 11.7 Å². The molecule has 7 nitrogen and oxygen atoms in total. The van der Waals surface area contributed by atoms with Gasteiger partial charge in [-0.05, 0) is 22.9 Å². The fourth-order valence-corrected chi connectivity index (χ4v) is 1.60. The second-order valence-corrected chi connectivity index (χ2v) is 4.52. The molecule has 0 saturated carbocycles. The van der Waals surface area contributed by atoms with Crippen molar-refractivity contribution in [3.8, 4) is 5.75 Å². The maximum atomic E-state index is 13.4. The standard InChI is InChI=1S/C11H12BrFN2O5/c1-2-19-11(16)8(14)5-20-10-4-7(13)6(12)3-9(10)15(17)18/h3-4,8H,2,5,14H2,1H3. The number of nitrogens with two attached hydrogens (primary N) is 1. The van der Waals surface area contributed by atoms with Crippen molar-refractivity contribution in [3.63, 3.8) is 0 Å². The fraction of sp³-hybridized carbons (Fsp3) is 0.364. The largest absolute Gasteiger partial charge is 0.484 e. The highest BCUT2D eigenvalue weighted by atomic mass is 79.9. The van der Waals surface area contributed by atoms with Gasteiger partial charge in [0.15, 0.2) is 5.75 Å². The Balaban J connectivity index is 2.84. The molecule has 0 aliphatic heterocycles. The van der Waals surface area contributed by atoms with Gasteiger partial charge in [-0.1, -0.05) is 0 Å². The monoisotopic (exact) mass is 350 g/mol. The molecule has 0 aliphatic rings. The van der Waals surface area contributed by atoms with Crippen LogP contribution in [-0.4, -0.2) is 30.1 Å². The van der Waals surface area contributed by atoms with E-state index in [2.05, 4.69) is 20.7 Å². The third-order valence-electron chi connectivity index (χ3n) is 2.21. The van der Waals surface area contributed by atoms with Crippen LogP contribution in [-0.2, 0) is 9.53 Å². The molecule has 0 amide bonds. The lowest BCUT2D eigenvalue weighted by atomic mass is 10.3. The van der Waals surface area contributed by atoms with E-state index in [9.17, 15) is 19.3 Å². The molecule has 0 aromatic heterocycles. The molecule has 9 heteroatoms. The van der Waals surface area contributed by atoms with Crippen LogP contribution < -0.4 is 10.5 Å². The summed E-state index contributed by atoms with van der Waals surface area (Å²) in [5.74, 6) is -1.74. The minimum atomic E-state index is -1.11. The number of carbonyl (C=O) groups is 1. The molecule has 0 saturated heterocycles. The third kappa shape index (κ3) is 4.14. The molecule has 0 spiro atoms. The zero-order valence-electron chi connectivity index (χ0n) is 10.5. The summed E-state index contributed by atoms with van der Waals surface area (Å²) in [6, 6.07) is 0.710. The van der Waals surface area contributed by atoms with Crippen LogP contribution in [0.3, 0.4) is 0 Å². The summed E-state index contributed by atoms with van der Waals surface area (Å²) >= 11 is 2.84. The number of ether oxygens (including phenoxy) is 2. The molecule has 0 fully saturated rings. The zero-order valence-corrected chi connectivity index (χ0v) is 12.1. The molecule has 20 heavy (non-hydrogen) atoms. The Morgan fingerprint density at radius 2 is 2.25 bits per heavy atom. The van der Waals surface area contributed by atoms with E-state index in [1.54, 1.807) is 6.92 Å². The summed E-state index contributed by atoms with van der Waals surface area (Å²) in [5.41, 5.74) is 5.04. The number of rotatable bonds is 6. The van der Waals surface area contributed by atoms with Gasteiger partial charge < -0.3 is 15.2 Å². The topological polar surface area (TPSA) is 105 Å². The molecule has 1 aromatic rings. The first-order valence-electron chi connectivity index (χ1n) is 5.55. The van der Waals surface area contributed by atoms with Gasteiger partial charge in [-0.25, -0.2) is 4.39 Å². The second kappa shape index (κ2) is 7.15. The summed E-state index contributed by atoms with van der Waals surface area (Å²) in [7, 11) is 0. The van der Waals surface area contributed by atoms with E-state index in [1.807, 2.05) is 0 Å². The van der Waals surface area contributed by atoms with Crippen LogP contribution in [0.1, 0.15) is 6.92 Å². The lowest BCUT2D eigenvalue weighted by Gasteiger charge is -2.12. The number of esters is 1. The molecule has 1 atom stereocenters. The number of nitrogens with zero attached hydrogens (tertiary/aromatic N) is 1. The molecule has 0 bridgehead atoms. The number of nitro benzene ring substituents is 1. The first kappa shape index (κ1) is 16.3. The summed E-state index contributed by atoms with van der Waals surface area (Å²) in [6.45, 7) is 1.40. The highest BCUT2D eigenvalue weighted by molar-refractivity contribution is 9.10. The van der Waals surface area contributed by atoms with Crippen molar-refractivity contribution >= 4 is 27.6 Å². The van der Waals surface area contributed by atoms with E-state index in [-0.39, 0.29) is 23.4 Å². The van der Waals surface area contributed by atoms with Gasteiger partial charge in [0, 0.05) is 12.1 Å². The smallest absolute Gasteiger partial charge is 0.326 e. The Hall–Kier alpha value is -1.74. The SMILES string of the molecule is CCOC(=O)C(N)COc1cc(F)c(Br)cc1[N+](=O)[O-]. The van der Waals surface area contributed by atoms with Crippen LogP contribution in [0.4, 0.5) is 10.1 Å². The predicted molar refractivity (Wildman–Crippen MR) is 70.9 cm³/mol. The lowest BCUT2D eigenvalue weighted by molar-refractivity contribution is -0.386. The van der Waals surface area contributed by atoms with Crippen molar-refractivity contribution < 1.29 is 23.6 Å². The first-order chi connectivity index (χ1) is 9.36. The van der Waals surface area contributed by atoms with Crippen molar-refractivity contribution in [1.29, 1.82) is 0 Å². The first-order valence-corrected chi connectivity index (χ1v) is 6.34. The van der Waals surface area contributed by atoms with E-state index >= 15 is 0 Å². The van der Waals surface area contributed by atoms with Crippen LogP contribution in [0, 0.1) is 15.9 Å². The van der Waals surface area contributed by atoms with Crippen LogP contribution in [0.5, 0.6) is 5.75 Å².